The smallest absolute Gasteiger partial charge is 0.327 e. The van der Waals surface area contributed by atoms with Gasteiger partial charge in [-0.25, -0.2) is 4.79 Å². The van der Waals surface area contributed by atoms with Crippen molar-refractivity contribution in [1.82, 2.24) is 9.80 Å². The number of amides is 3. The fourth-order valence-electron chi connectivity index (χ4n) is 1.50. The molecule has 0 bridgehead atoms. The molecule has 2 unspecified atom stereocenters. The number of imide groups is 1. The summed E-state index contributed by atoms with van der Waals surface area (Å²) < 4.78 is 0. The summed E-state index contributed by atoms with van der Waals surface area (Å²) in [6.07, 6.45) is -1.39. The highest BCUT2D eigenvalue weighted by molar-refractivity contribution is 6.02. The minimum absolute atomic E-state index is 0.00791. The molecule has 1 aliphatic rings. The van der Waals surface area contributed by atoms with Crippen molar-refractivity contribution in [2.75, 3.05) is 19.6 Å². The van der Waals surface area contributed by atoms with E-state index in [-0.39, 0.29) is 25.5 Å². The van der Waals surface area contributed by atoms with Crippen LogP contribution in [0.3, 0.4) is 0 Å². The Morgan fingerprint density at radius 3 is 2.20 bits per heavy atom. The van der Waals surface area contributed by atoms with E-state index in [9.17, 15) is 9.59 Å². The SMILES string of the molecule is CC(O)CN1CC(=O)N(CC(C)O)C1=O. The lowest BCUT2D eigenvalue weighted by Gasteiger charge is -2.18. The Balaban J connectivity index is 2.62. The summed E-state index contributed by atoms with van der Waals surface area (Å²) in [7, 11) is 0. The van der Waals surface area contributed by atoms with Crippen molar-refractivity contribution in [2.45, 2.75) is 26.1 Å². The molecular formula is C9H16N2O4. The van der Waals surface area contributed by atoms with E-state index in [0.29, 0.717) is 0 Å². The van der Waals surface area contributed by atoms with Crippen LogP contribution in [0.1, 0.15) is 13.8 Å². The Morgan fingerprint density at radius 2 is 1.73 bits per heavy atom. The first-order valence-electron chi connectivity index (χ1n) is 4.87. The Morgan fingerprint density at radius 1 is 1.20 bits per heavy atom. The van der Waals surface area contributed by atoms with Crippen molar-refractivity contribution in [3.8, 4) is 0 Å². The molecule has 2 atom stereocenters. The molecule has 6 heteroatoms. The molecule has 0 aromatic carbocycles. The van der Waals surface area contributed by atoms with Gasteiger partial charge in [0.25, 0.3) is 0 Å². The van der Waals surface area contributed by atoms with Crippen molar-refractivity contribution in [3.05, 3.63) is 0 Å². The van der Waals surface area contributed by atoms with Gasteiger partial charge >= 0.3 is 6.03 Å². The molecule has 86 valence electrons. The molecular weight excluding hydrogens is 200 g/mol. The number of hydrogen-bond donors (Lipinski definition) is 2. The van der Waals surface area contributed by atoms with Crippen LogP contribution in [0.25, 0.3) is 0 Å². The summed E-state index contributed by atoms with van der Waals surface area (Å²) in [5, 5.41) is 18.2. The highest BCUT2D eigenvalue weighted by Crippen LogP contribution is 2.11. The first kappa shape index (κ1) is 11.9. The largest absolute Gasteiger partial charge is 0.392 e. The third-order valence-electron chi connectivity index (χ3n) is 2.06. The molecule has 0 aromatic heterocycles. The second-order valence-corrected chi connectivity index (χ2v) is 3.87. The lowest BCUT2D eigenvalue weighted by Crippen LogP contribution is -2.39. The summed E-state index contributed by atoms with van der Waals surface area (Å²) in [6.45, 7) is 3.19. The van der Waals surface area contributed by atoms with Crippen molar-refractivity contribution in [2.24, 2.45) is 0 Å². The number of urea groups is 1. The number of aliphatic hydroxyl groups excluding tert-OH is 2. The summed E-state index contributed by atoms with van der Waals surface area (Å²) in [6, 6.07) is -0.443. The minimum Gasteiger partial charge on any atom is -0.392 e. The molecule has 1 rings (SSSR count). The van der Waals surface area contributed by atoms with Gasteiger partial charge in [0.15, 0.2) is 0 Å². The number of β-amino-alcohol motifs (C(OH)–C–C–N with tert-alkyl or cyclic N) is 2. The summed E-state index contributed by atoms with van der Waals surface area (Å²) in [5.74, 6) is -0.332. The number of nitrogens with zero attached hydrogens (tertiary/aromatic N) is 2. The maximum Gasteiger partial charge on any atom is 0.327 e. The molecule has 0 saturated carbocycles. The van der Waals surface area contributed by atoms with Crippen LogP contribution in [0.4, 0.5) is 4.79 Å². The van der Waals surface area contributed by atoms with Gasteiger partial charge in [-0.3, -0.25) is 9.69 Å². The molecule has 1 saturated heterocycles. The molecule has 2 N–H and O–H groups in total. The van der Waals surface area contributed by atoms with Crippen LogP contribution in [0.5, 0.6) is 0 Å². The second kappa shape index (κ2) is 4.59. The van der Waals surface area contributed by atoms with E-state index in [1.807, 2.05) is 0 Å². The predicted octanol–water partition coefficient (Wildman–Crippen LogP) is -0.988. The van der Waals surface area contributed by atoms with Crippen LogP contribution in [-0.2, 0) is 4.79 Å². The van der Waals surface area contributed by atoms with Gasteiger partial charge < -0.3 is 15.1 Å². The third kappa shape index (κ3) is 2.90. The number of carbonyl (C=O) groups is 2. The summed E-state index contributed by atoms with van der Waals surface area (Å²) in [5.41, 5.74) is 0. The monoisotopic (exact) mass is 216 g/mol. The molecule has 0 aliphatic carbocycles. The highest BCUT2D eigenvalue weighted by atomic mass is 16.3. The van der Waals surface area contributed by atoms with Crippen LogP contribution in [-0.4, -0.2) is 63.8 Å². The van der Waals surface area contributed by atoms with Gasteiger partial charge in [0, 0.05) is 6.54 Å². The number of hydrogen-bond acceptors (Lipinski definition) is 4. The van der Waals surface area contributed by atoms with Crippen LogP contribution in [0.2, 0.25) is 0 Å². The zero-order valence-electron chi connectivity index (χ0n) is 8.88. The van der Waals surface area contributed by atoms with Gasteiger partial charge in [-0.2, -0.15) is 0 Å². The van der Waals surface area contributed by atoms with Gasteiger partial charge in [0.1, 0.15) is 6.54 Å². The second-order valence-electron chi connectivity index (χ2n) is 3.87. The zero-order chi connectivity index (χ0) is 11.6. The molecule has 1 fully saturated rings. The van der Waals surface area contributed by atoms with Gasteiger partial charge in [-0.05, 0) is 13.8 Å². The lowest BCUT2D eigenvalue weighted by atomic mass is 10.4. The third-order valence-corrected chi connectivity index (χ3v) is 2.06. The molecule has 1 heterocycles. The normalized spacial score (nSPS) is 21.1. The first-order chi connectivity index (χ1) is 6.91. The van der Waals surface area contributed by atoms with E-state index in [1.165, 1.54) is 11.8 Å². The van der Waals surface area contributed by atoms with Crippen molar-refractivity contribution in [3.63, 3.8) is 0 Å². The van der Waals surface area contributed by atoms with E-state index in [1.54, 1.807) is 6.92 Å². The van der Waals surface area contributed by atoms with Crippen molar-refractivity contribution in [1.29, 1.82) is 0 Å². The molecule has 1 aliphatic heterocycles. The van der Waals surface area contributed by atoms with Gasteiger partial charge in [0.2, 0.25) is 5.91 Å². The number of aliphatic hydroxyl groups is 2. The summed E-state index contributed by atoms with van der Waals surface area (Å²) >= 11 is 0. The maximum absolute atomic E-state index is 11.6. The molecule has 0 radical (unpaired) electrons. The van der Waals surface area contributed by atoms with Crippen LogP contribution < -0.4 is 0 Å². The average Bonchev–Trinajstić information content (AvgIpc) is 2.31. The standard InChI is InChI=1S/C9H16N2O4/c1-6(12)3-10-5-8(14)11(9(10)15)4-7(2)13/h6-7,12-13H,3-5H2,1-2H3. The first-order valence-corrected chi connectivity index (χ1v) is 4.87. The van der Waals surface area contributed by atoms with E-state index in [4.69, 9.17) is 10.2 Å². The van der Waals surface area contributed by atoms with Crippen LogP contribution in [0.15, 0.2) is 0 Å². The lowest BCUT2D eigenvalue weighted by molar-refractivity contribution is -0.126. The van der Waals surface area contributed by atoms with E-state index in [0.717, 1.165) is 4.90 Å². The molecule has 0 spiro atoms. The number of rotatable bonds is 4. The Hall–Kier alpha value is -1.14. The molecule has 15 heavy (non-hydrogen) atoms. The van der Waals surface area contributed by atoms with Gasteiger partial charge in [-0.1, -0.05) is 0 Å². The average molecular weight is 216 g/mol. The molecule has 6 nitrogen and oxygen atoms in total. The van der Waals surface area contributed by atoms with Gasteiger partial charge in [0.05, 0.1) is 18.8 Å². The van der Waals surface area contributed by atoms with Crippen molar-refractivity contribution < 1.29 is 19.8 Å². The Bertz CT molecular complexity index is 265. The van der Waals surface area contributed by atoms with E-state index < -0.39 is 18.2 Å². The van der Waals surface area contributed by atoms with Crippen molar-refractivity contribution >= 4 is 11.9 Å². The Kier molecular flexibility index (Phi) is 3.65. The van der Waals surface area contributed by atoms with Gasteiger partial charge in [-0.15, -0.1) is 0 Å². The zero-order valence-corrected chi connectivity index (χ0v) is 8.88. The predicted molar refractivity (Wildman–Crippen MR) is 52.0 cm³/mol. The summed E-state index contributed by atoms with van der Waals surface area (Å²) in [4.78, 5) is 25.3. The minimum atomic E-state index is -0.732. The van der Waals surface area contributed by atoms with E-state index >= 15 is 0 Å². The quantitative estimate of drug-likeness (QED) is 0.591. The topological polar surface area (TPSA) is 81.1 Å². The van der Waals surface area contributed by atoms with Crippen LogP contribution in [0, 0.1) is 0 Å². The number of carbonyl (C=O) groups excluding carboxylic acids is 2. The molecule has 3 amide bonds. The maximum atomic E-state index is 11.6. The Labute approximate surface area is 88.1 Å². The fourth-order valence-corrected chi connectivity index (χ4v) is 1.50. The van der Waals surface area contributed by atoms with E-state index in [2.05, 4.69) is 0 Å². The van der Waals surface area contributed by atoms with Crippen LogP contribution >= 0.6 is 0 Å². The highest BCUT2D eigenvalue weighted by Gasteiger charge is 2.36. The fraction of sp³-hybridized carbons (Fsp3) is 0.778. The molecule has 0 aromatic rings.